The highest BCUT2D eigenvalue weighted by atomic mass is 16.6. The van der Waals surface area contributed by atoms with Crippen molar-refractivity contribution < 1.29 is 29.0 Å². The number of ether oxygens (including phenoxy) is 1. The molecular formula is C39H52N4O6. The Bertz CT molecular complexity index is 1570. The minimum Gasteiger partial charge on any atom is -0.508 e. The van der Waals surface area contributed by atoms with E-state index in [0.717, 1.165) is 47.1 Å². The molecule has 10 heteroatoms. The molecule has 4 bridgehead atoms. The van der Waals surface area contributed by atoms with Crippen molar-refractivity contribution in [2.45, 2.75) is 129 Å². The monoisotopic (exact) mass is 672 g/mol. The SMILES string of the molecule is Cc1cc(O)cc(C)c1C[C@H](NC(=O)OC(C)(C)C)C(=O)N1Cc2ccccc2C[C@H]1C(=O)N[C@@H](C)C(=O)NC12CC3CC(CC(C3)C1)C2. The Balaban J connectivity index is 1.23. The predicted octanol–water partition coefficient (Wildman–Crippen LogP) is 4.99. The number of carbonyl (C=O) groups excluding carboxylic acids is 4. The number of carbonyl (C=O) groups is 4. The van der Waals surface area contributed by atoms with Gasteiger partial charge in [0, 0.05) is 24.9 Å². The second kappa shape index (κ2) is 13.3. The van der Waals surface area contributed by atoms with Crippen LogP contribution < -0.4 is 16.0 Å². The molecule has 3 atom stereocenters. The second-order valence-corrected chi connectivity index (χ2v) is 16.3. The average molecular weight is 673 g/mol. The molecule has 4 N–H and O–H groups in total. The third kappa shape index (κ3) is 7.73. The van der Waals surface area contributed by atoms with Crippen LogP contribution in [0.25, 0.3) is 0 Å². The van der Waals surface area contributed by atoms with Gasteiger partial charge < -0.3 is 30.7 Å². The van der Waals surface area contributed by atoms with Gasteiger partial charge in [0.2, 0.25) is 17.7 Å². The van der Waals surface area contributed by atoms with E-state index in [9.17, 15) is 24.3 Å². The molecule has 4 fully saturated rings. The summed E-state index contributed by atoms with van der Waals surface area (Å²) in [4.78, 5) is 56.9. The van der Waals surface area contributed by atoms with Crippen LogP contribution >= 0.6 is 0 Å². The van der Waals surface area contributed by atoms with E-state index in [1.807, 2.05) is 38.1 Å². The molecule has 49 heavy (non-hydrogen) atoms. The lowest BCUT2D eigenvalue weighted by Crippen LogP contribution is -2.63. The number of fused-ring (bicyclic) bond motifs is 1. The highest BCUT2D eigenvalue weighted by Crippen LogP contribution is 2.55. The van der Waals surface area contributed by atoms with Crippen molar-refractivity contribution in [3.8, 4) is 5.75 Å². The number of rotatable bonds is 8. The number of benzene rings is 2. The summed E-state index contributed by atoms with van der Waals surface area (Å²) in [7, 11) is 0. The average Bonchev–Trinajstić information content (AvgIpc) is 2.99. The summed E-state index contributed by atoms with van der Waals surface area (Å²) >= 11 is 0. The van der Waals surface area contributed by atoms with E-state index in [1.165, 1.54) is 24.2 Å². The summed E-state index contributed by atoms with van der Waals surface area (Å²) in [5.74, 6) is 1.11. The van der Waals surface area contributed by atoms with Gasteiger partial charge in [0.15, 0.2) is 0 Å². The number of alkyl carbamates (subject to hydrolysis) is 1. The van der Waals surface area contributed by atoms with Crippen LogP contribution in [0.4, 0.5) is 4.79 Å². The summed E-state index contributed by atoms with van der Waals surface area (Å²) in [6.07, 6.45) is 6.50. The van der Waals surface area contributed by atoms with Crippen LogP contribution in [-0.4, -0.2) is 63.1 Å². The highest BCUT2D eigenvalue weighted by Gasteiger charge is 2.52. The normalized spacial score (nSPS) is 26.7. The van der Waals surface area contributed by atoms with E-state index < -0.39 is 41.6 Å². The molecule has 0 spiro atoms. The van der Waals surface area contributed by atoms with Gasteiger partial charge in [0.05, 0.1) is 0 Å². The fourth-order valence-electron chi connectivity index (χ4n) is 9.34. The molecule has 2 aromatic rings. The first-order valence-corrected chi connectivity index (χ1v) is 17.9. The number of aryl methyl sites for hydroxylation is 2. The lowest BCUT2D eigenvalue weighted by molar-refractivity contribution is -0.144. The molecule has 10 nitrogen and oxygen atoms in total. The minimum absolute atomic E-state index is 0.118. The van der Waals surface area contributed by atoms with Crippen molar-refractivity contribution in [3.05, 3.63) is 64.2 Å². The van der Waals surface area contributed by atoms with Crippen molar-refractivity contribution in [1.29, 1.82) is 0 Å². The topological polar surface area (TPSA) is 137 Å². The fourth-order valence-corrected chi connectivity index (χ4v) is 9.34. The van der Waals surface area contributed by atoms with Crippen LogP contribution in [0, 0.1) is 31.6 Å². The van der Waals surface area contributed by atoms with Crippen molar-refractivity contribution >= 4 is 23.8 Å². The molecule has 0 unspecified atom stereocenters. The zero-order valence-corrected chi connectivity index (χ0v) is 29.7. The number of aromatic hydroxyl groups is 1. The zero-order chi connectivity index (χ0) is 35.2. The fraction of sp³-hybridized carbons (Fsp3) is 0.590. The van der Waals surface area contributed by atoms with Crippen LogP contribution in [0.3, 0.4) is 0 Å². The summed E-state index contributed by atoms with van der Waals surface area (Å²) in [6.45, 7) is 10.8. The molecule has 4 amide bonds. The largest absolute Gasteiger partial charge is 0.508 e. The van der Waals surface area contributed by atoms with Crippen molar-refractivity contribution in [1.82, 2.24) is 20.9 Å². The van der Waals surface area contributed by atoms with Gasteiger partial charge in [-0.15, -0.1) is 0 Å². The van der Waals surface area contributed by atoms with Gasteiger partial charge in [-0.05, 0) is 138 Å². The molecule has 0 saturated heterocycles. The number of nitrogens with zero attached hydrogens (tertiary/aromatic N) is 1. The first-order chi connectivity index (χ1) is 23.1. The van der Waals surface area contributed by atoms with Crippen molar-refractivity contribution in [2.24, 2.45) is 17.8 Å². The molecule has 7 rings (SSSR count). The summed E-state index contributed by atoms with van der Waals surface area (Å²) in [5, 5.41) is 19.3. The molecule has 0 aromatic heterocycles. The summed E-state index contributed by atoms with van der Waals surface area (Å²) in [6, 6.07) is 8.22. The molecule has 4 aliphatic carbocycles. The maximum absolute atomic E-state index is 14.6. The molecule has 0 radical (unpaired) electrons. The van der Waals surface area contributed by atoms with E-state index in [0.29, 0.717) is 17.8 Å². The van der Waals surface area contributed by atoms with E-state index in [4.69, 9.17) is 4.74 Å². The number of phenols is 1. The maximum atomic E-state index is 14.6. The van der Waals surface area contributed by atoms with E-state index in [1.54, 1.807) is 39.8 Å². The standard InChI is InChI=1S/C39H52N4O6/c1-22-11-30(44)12-23(2)31(22)17-32(41-37(48)49-38(4,5)6)36(47)43-21-29-10-8-7-9-28(29)16-33(43)35(46)40-24(3)34(45)42-39-18-25-13-26(19-39)15-27(14-25)20-39/h7-12,24-27,32-33,44H,13-21H2,1-6H3,(H,40,46)(H,41,48)(H,42,45)/t24-,25?,26?,27?,32-,33-,39?/m0/s1. The molecule has 1 heterocycles. The molecule has 4 saturated carbocycles. The first kappa shape index (κ1) is 34.8. The number of hydrogen-bond donors (Lipinski definition) is 4. The van der Waals surface area contributed by atoms with E-state index in [2.05, 4.69) is 16.0 Å². The number of hydrogen-bond acceptors (Lipinski definition) is 6. The molecule has 264 valence electrons. The van der Waals surface area contributed by atoms with Crippen LogP contribution in [0.5, 0.6) is 5.75 Å². The van der Waals surface area contributed by atoms with Crippen molar-refractivity contribution in [2.75, 3.05) is 0 Å². The molecule has 1 aliphatic heterocycles. The Hall–Kier alpha value is -4.08. The lowest BCUT2D eigenvalue weighted by atomic mass is 9.53. The van der Waals surface area contributed by atoms with Crippen molar-refractivity contribution in [3.63, 3.8) is 0 Å². The lowest BCUT2D eigenvalue weighted by Gasteiger charge is -2.57. The Morgan fingerprint density at radius 1 is 0.939 bits per heavy atom. The van der Waals surface area contributed by atoms with Gasteiger partial charge >= 0.3 is 6.09 Å². The van der Waals surface area contributed by atoms with Crippen LogP contribution in [0.1, 0.15) is 94.0 Å². The van der Waals surface area contributed by atoms with Crippen LogP contribution in [0.2, 0.25) is 0 Å². The van der Waals surface area contributed by atoms with Gasteiger partial charge in [-0.25, -0.2) is 4.79 Å². The minimum atomic E-state index is -1.06. The predicted molar refractivity (Wildman–Crippen MR) is 186 cm³/mol. The quantitative estimate of drug-likeness (QED) is 0.312. The van der Waals surface area contributed by atoms with Crippen LogP contribution in [-0.2, 0) is 38.5 Å². The highest BCUT2D eigenvalue weighted by molar-refractivity contribution is 5.94. The molecule has 2 aromatic carbocycles. The Morgan fingerprint density at radius 2 is 1.51 bits per heavy atom. The Labute approximate surface area is 289 Å². The smallest absolute Gasteiger partial charge is 0.408 e. The third-order valence-electron chi connectivity index (χ3n) is 11.1. The van der Waals surface area contributed by atoms with E-state index >= 15 is 0 Å². The molecular weight excluding hydrogens is 620 g/mol. The second-order valence-electron chi connectivity index (χ2n) is 16.3. The molecule has 5 aliphatic rings. The van der Waals surface area contributed by atoms with Gasteiger partial charge in [-0.2, -0.15) is 0 Å². The van der Waals surface area contributed by atoms with E-state index in [-0.39, 0.29) is 36.6 Å². The summed E-state index contributed by atoms with van der Waals surface area (Å²) in [5.41, 5.74) is 3.26. The zero-order valence-electron chi connectivity index (χ0n) is 29.7. The van der Waals surface area contributed by atoms with Crippen LogP contribution in [0.15, 0.2) is 36.4 Å². The Kier molecular flexibility index (Phi) is 9.46. The number of phenolic OH excluding ortho intramolecular Hbond substituents is 1. The number of amides is 4. The Morgan fingerprint density at radius 3 is 2.08 bits per heavy atom. The van der Waals surface area contributed by atoms with Gasteiger partial charge in [0.25, 0.3) is 0 Å². The van der Waals surface area contributed by atoms with Gasteiger partial charge in [0.1, 0.15) is 29.5 Å². The van der Waals surface area contributed by atoms with Gasteiger partial charge in [-0.3, -0.25) is 14.4 Å². The summed E-state index contributed by atoms with van der Waals surface area (Å²) < 4.78 is 5.55. The third-order valence-corrected chi connectivity index (χ3v) is 11.1. The number of nitrogens with one attached hydrogen (secondary N) is 3. The maximum Gasteiger partial charge on any atom is 0.408 e. The first-order valence-electron chi connectivity index (χ1n) is 17.9. The van der Waals surface area contributed by atoms with Gasteiger partial charge in [-0.1, -0.05) is 24.3 Å².